The number of aryl methyl sites for hydroxylation is 1. The van der Waals surface area contributed by atoms with E-state index in [0.29, 0.717) is 0 Å². The molecule has 0 bridgehead atoms. The van der Waals surface area contributed by atoms with E-state index in [4.69, 9.17) is 17.3 Å². The zero-order chi connectivity index (χ0) is 12.7. The third-order valence-corrected chi connectivity index (χ3v) is 3.76. The first-order valence-electron chi connectivity index (χ1n) is 6.67. The Hall–Kier alpha value is -0.530. The number of nitrogens with two attached hydrogens (primary N) is 1. The summed E-state index contributed by atoms with van der Waals surface area (Å²) < 4.78 is 0. The van der Waals surface area contributed by atoms with Gasteiger partial charge in [0.15, 0.2) is 0 Å². The van der Waals surface area contributed by atoms with Gasteiger partial charge in [-0.15, -0.1) is 0 Å². The second-order valence-electron chi connectivity index (χ2n) is 4.79. The van der Waals surface area contributed by atoms with Gasteiger partial charge < -0.3 is 5.73 Å². The molecule has 0 heterocycles. The summed E-state index contributed by atoms with van der Waals surface area (Å²) in [6.45, 7) is 4.26. The van der Waals surface area contributed by atoms with Gasteiger partial charge in [-0.3, -0.25) is 0 Å². The third kappa shape index (κ3) is 4.69. The van der Waals surface area contributed by atoms with Crippen molar-refractivity contribution < 1.29 is 0 Å². The van der Waals surface area contributed by atoms with E-state index in [9.17, 15) is 0 Å². The van der Waals surface area contributed by atoms with Gasteiger partial charge in [0, 0.05) is 11.1 Å². The fourth-order valence-electron chi connectivity index (χ4n) is 2.08. The Bertz CT molecular complexity index is 336. The van der Waals surface area contributed by atoms with Gasteiger partial charge in [0.25, 0.3) is 0 Å². The molecule has 0 saturated heterocycles. The van der Waals surface area contributed by atoms with Crippen molar-refractivity contribution in [2.24, 2.45) is 5.73 Å². The average Bonchev–Trinajstić information content (AvgIpc) is 2.32. The summed E-state index contributed by atoms with van der Waals surface area (Å²) in [4.78, 5) is 0. The first-order valence-corrected chi connectivity index (χ1v) is 7.05. The molecule has 0 radical (unpaired) electrons. The molecule has 17 heavy (non-hydrogen) atoms. The Kier molecular flexibility index (Phi) is 6.61. The lowest BCUT2D eigenvalue weighted by Crippen LogP contribution is -2.11. The monoisotopic (exact) mass is 253 g/mol. The van der Waals surface area contributed by atoms with Crippen LogP contribution >= 0.6 is 11.6 Å². The summed E-state index contributed by atoms with van der Waals surface area (Å²) >= 11 is 6.27. The van der Waals surface area contributed by atoms with Crippen LogP contribution in [0.4, 0.5) is 0 Å². The lowest BCUT2D eigenvalue weighted by Gasteiger charge is -2.14. The number of benzene rings is 1. The van der Waals surface area contributed by atoms with Crippen LogP contribution in [0.5, 0.6) is 0 Å². The minimum atomic E-state index is 0.0871. The first kappa shape index (κ1) is 14.5. The smallest absolute Gasteiger partial charge is 0.0482 e. The van der Waals surface area contributed by atoms with Crippen molar-refractivity contribution in [3.63, 3.8) is 0 Å². The molecule has 1 atom stereocenters. The Morgan fingerprint density at radius 2 is 1.88 bits per heavy atom. The zero-order valence-electron chi connectivity index (χ0n) is 11.0. The Morgan fingerprint density at radius 3 is 2.59 bits per heavy atom. The van der Waals surface area contributed by atoms with E-state index in [1.807, 2.05) is 25.1 Å². The second-order valence-corrected chi connectivity index (χ2v) is 5.17. The number of halogens is 1. The fourth-order valence-corrected chi connectivity index (χ4v) is 2.35. The lowest BCUT2D eigenvalue weighted by molar-refractivity contribution is 0.555. The Morgan fingerprint density at radius 1 is 1.18 bits per heavy atom. The molecule has 0 amide bonds. The number of unbranched alkanes of at least 4 members (excludes halogenated alkanes) is 4. The van der Waals surface area contributed by atoms with Crippen LogP contribution in [0.1, 0.15) is 62.6 Å². The van der Waals surface area contributed by atoms with Crippen LogP contribution in [0.2, 0.25) is 5.02 Å². The number of hydrogen-bond acceptors (Lipinski definition) is 1. The molecule has 0 aliphatic carbocycles. The highest BCUT2D eigenvalue weighted by Crippen LogP contribution is 2.27. The summed E-state index contributed by atoms with van der Waals surface area (Å²) in [7, 11) is 0. The highest BCUT2D eigenvalue weighted by Gasteiger charge is 2.10. The standard InChI is InChI=1S/C15H24ClN/c1-3-4-5-6-7-11-14(17)13-10-8-9-12(2)15(13)16/h8-10,14H,3-7,11,17H2,1-2H3. The molecule has 0 saturated carbocycles. The van der Waals surface area contributed by atoms with Crippen molar-refractivity contribution in [2.75, 3.05) is 0 Å². The predicted octanol–water partition coefficient (Wildman–Crippen LogP) is 5.01. The summed E-state index contributed by atoms with van der Waals surface area (Å²) in [5.74, 6) is 0. The zero-order valence-corrected chi connectivity index (χ0v) is 11.8. The molecule has 1 rings (SSSR count). The molecule has 0 spiro atoms. The van der Waals surface area contributed by atoms with Crippen LogP contribution in [0, 0.1) is 6.92 Å². The number of rotatable bonds is 7. The summed E-state index contributed by atoms with van der Waals surface area (Å²) in [5, 5.41) is 0.841. The van der Waals surface area contributed by atoms with Crippen molar-refractivity contribution in [1.29, 1.82) is 0 Å². The molecule has 96 valence electrons. The minimum absolute atomic E-state index is 0.0871. The normalized spacial score (nSPS) is 12.7. The quantitative estimate of drug-likeness (QED) is 0.680. The van der Waals surface area contributed by atoms with Crippen molar-refractivity contribution in [2.45, 2.75) is 58.4 Å². The minimum Gasteiger partial charge on any atom is -0.324 e. The maximum atomic E-state index is 6.27. The van der Waals surface area contributed by atoms with Crippen molar-refractivity contribution in [1.82, 2.24) is 0 Å². The van der Waals surface area contributed by atoms with E-state index >= 15 is 0 Å². The van der Waals surface area contributed by atoms with Crippen molar-refractivity contribution in [3.8, 4) is 0 Å². The van der Waals surface area contributed by atoms with Crippen LogP contribution in [0.3, 0.4) is 0 Å². The fraction of sp³-hybridized carbons (Fsp3) is 0.600. The molecule has 0 fully saturated rings. The average molecular weight is 254 g/mol. The van der Waals surface area contributed by atoms with Crippen LogP contribution < -0.4 is 5.73 Å². The largest absolute Gasteiger partial charge is 0.324 e. The highest BCUT2D eigenvalue weighted by atomic mass is 35.5. The van der Waals surface area contributed by atoms with Gasteiger partial charge in [0.2, 0.25) is 0 Å². The molecular weight excluding hydrogens is 230 g/mol. The number of hydrogen-bond donors (Lipinski definition) is 1. The van der Waals surface area contributed by atoms with Gasteiger partial charge in [-0.1, -0.05) is 68.8 Å². The molecule has 2 heteroatoms. The molecule has 0 aliphatic heterocycles. The van der Waals surface area contributed by atoms with E-state index in [1.165, 1.54) is 32.1 Å². The van der Waals surface area contributed by atoms with Gasteiger partial charge >= 0.3 is 0 Å². The molecular formula is C15H24ClN. The molecule has 0 aliphatic rings. The van der Waals surface area contributed by atoms with Gasteiger partial charge in [0.1, 0.15) is 0 Å². The maximum absolute atomic E-state index is 6.27. The predicted molar refractivity (Wildman–Crippen MR) is 76.5 cm³/mol. The second kappa shape index (κ2) is 7.73. The molecule has 1 aromatic carbocycles. The highest BCUT2D eigenvalue weighted by molar-refractivity contribution is 6.32. The topological polar surface area (TPSA) is 26.0 Å². The Labute approximate surface area is 110 Å². The van der Waals surface area contributed by atoms with Crippen LogP contribution in [-0.2, 0) is 0 Å². The lowest BCUT2D eigenvalue weighted by atomic mass is 9.99. The maximum Gasteiger partial charge on any atom is 0.0482 e. The summed E-state index contributed by atoms with van der Waals surface area (Å²) in [6, 6.07) is 6.20. The van der Waals surface area contributed by atoms with Crippen LogP contribution in [-0.4, -0.2) is 0 Å². The van der Waals surface area contributed by atoms with Gasteiger partial charge in [-0.2, -0.15) is 0 Å². The molecule has 0 aromatic heterocycles. The molecule has 2 N–H and O–H groups in total. The molecule has 1 nitrogen and oxygen atoms in total. The van der Waals surface area contributed by atoms with Crippen molar-refractivity contribution >= 4 is 11.6 Å². The first-order chi connectivity index (χ1) is 8.16. The Balaban J connectivity index is 2.41. The van der Waals surface area contributed by atoms with Crippen LogP contribution in [0.25, 0.3) is 0 Å². The van der Waals surface area contributed by atoms with Crippen LogP contribution in [0.15, 0.2) is 18.2 Å². The van der Waals surface area contributed by atoms with E-state index < -0.39 is 0 Å². The third-order valence-electron chi connectivity index (χ3n) is 3.24. The van der Waals surface area contributed by atoms with Gasteiger partial charge in [0.05, 0.1) is 0 Å². The van der Waals surface area contributed by atoms with E-state index in [1.54, 1.807) is 0 Å². The summed E-state index contributed by atoms with van der Waals surface area (Å²) in [5.41, 5.74) is 8.41. The van der Waals surface area contributed by atoms with Crippen molar-refractivity contribution in [3.05, 3.63) is 34.3 Å². The summed E-state index contributed by atoms with van der Waals surface area (Å²) in [6.07, 6.45) is 7.46. The van der Waals surface area contributed by atoms with E-state index in [0.717, 1.165) is 22.6 Å². The van der Waals surface area contributed by atoms with E-state index in [2.05, 4.69) is 6.92 Å². The van der Waals surface area contributed by atoms with E-state index in [-0.39, 0.29) is 6.04 Å². The van der Waals surface area contributed by atoms with Gasteiger partial charge in [-0.25, -0.2) is 0 Å². The molecule has 1 unspecified atom stereocenters. The SMILES string of the molecule is CCCCCCCC(N)c1cccc(C)c1Cl. The van der Waals surface area contributed by atoms with Gasteiger partial charge in [-0.05, 0) is 24.5 Å². The molecule has 1 aromatic rings.